The predicted molar refractivity (Wildman–Crippen MR) is 75.3 cm³/mol. The van der Waals surface area contributed by atoms with Crippen LogP contribution >= 0.6 is 0 Å². The van der Waals surface area contributed by atoms with Crippen molar-refractivity contribution in [1.29, 1.82) is 0 Å². The summed E-state index contributed by atoms with van der Waals surface area (Å²) in [5.41, 5.74) is 4.06. The van der Waals surface area contributed by atoms with Crippen LogP contribution in [0.2, 0.25) is 0 Å². The maximum absolute atomic E-state index is 4.47. The zero-order chi connectivity index (χ0) is 13.2. The first-order chi connectivity index (χ1) is 9.24. The van der Waals surface area contributed by atoms with Crippen LogP contribution in [0.25, 0.3) is 5.52 Å². The van der Waals surface area contributed by atoms with Gasteiger partial charge < -0.3 is 0 Å². The maximum Gasteiger partial charge on any atom is 0.176 e. The van der Waals surface area contributed by atoms with Gasteiger partial charge in [0, 0.05) is 0 Å². The van der Waals surface area contributed by atoms with Crippen molar-refractivity contribution in [3.63, 3.8) is 0 Å². The van der Waals surface area contributed by atoms with E-state index in [2.05, 4.69) is 28.3 Å². The van der Waals surface area contributed by atoms with Gasteiger partial charge in [-0.15, -0.1) is 10.2 Å². The molecule has 0 aliphatic heterocycles. The van der Waals surface area contributed by atoms with Crippen LogP contribution in [0, 0.1) is 13.8 Å². The van der Waals surface area contributed by atoms with Gasteiger partial charge in [0.25, 0.3) is 0 Å². The molecule has 0 fully saturated rings. The number of rotatable bonds is 2. The Morgan fingerprint density at radius 3 is 2.53 bits per heavy atom. The van der Waals surface area contributed by atoms with E-state index < -0.39 is 0 Å². The summed E-state index contributed by atoms with van der Waals surface area (Å²) >= 11 is 0. The van der Waals surface area contributed by atoms with Gasteiger partial charge >= 0.3 is 0 Å². The Kier molecular flexibility index (Phi) is 2.83. The van der Waals surface area contributed by atoms with Gasteiger partial charge in [-0.05, 0) is 49.7 Å². The Labute approximate surface area is 111 Å². The van der Waals surface area contributed by atoms with Crippen molar-refractivity contribution < 1.29 is 0 Å². The third kappa shape index (κ3) is 2.25. The number of azo groups is 1. The lowest BCUT2D eigenvalue weighted by atomic mass is 10.2. The van der Waals surface area contributed by atoms with Crippen LogP contribution in [0.15, 0.2) is 58.8 Å². The molecule has 4 nitrogen and oxygen atoms in total. The molecule has 2 aromatic heterocycles. The minimum atomic E-state index is 0.741. The standard InChI is InChI=1S/C15H14N4/c1-11-10-12(2)18-19-14(11)8-9-15(19)17-16-13-6-4-3-5-7-13/h3-10H,1-2H3. The van der Waals surface area contributed by atoms with E-state index in [0.717, 1.165) is 22.7 Å². The van der Waals surface area contributed by atoms with E-state index >= 15 is 0 Å². The largest absolute Gasteiger partial charge is 0.213 e. The molecule has 0 saturated carbocycles. The lowest BCUT2D eigenvalue weighted by molar-refractivity contribution is 0.888. The topological polar surface area (TPSA) is 42.0 Å². The van der Waals surface area contributed by atoms with E-state index in [9.17, 15) is 0 Å². The Morgan fingerprint density at radius 1 is 0.947 bits per heavy atom. The smallest absolute Gasteiger partial charge is 0.176 e. The SMILES string of the molecule is Cc1cc(C)c2ccc(N=Nc3ccccc3)n2n1. The van der Waals surface area contributed by atoms with Crippen LogP contribution < -0.4 is 0 Å². The molecule has 3 aromatic rings. The van der Waals surface area contributed by atoms with Crippen molar-refractivity contribution in [2.24, 2.45) is 10.2 Å². The van der Waals surface area contributed by atoms with Crippen molar-refractivity contribution in [3.8, 4) is 0 Å². The van der Waals surface area contributed by atoms with Crippen LogP contribution in [-0.4, -0.2) is 9.61 Å². The quantitative estimate of drug-likeness (QED) is 0.623. The Hall–Kier alpha value is -2.49. The summed E-state index contributed by atoms with van der Waals surface area (Å²) in [7, 11) is 0. The van der Waals surface area contributed by atoms with Gasteiger partial charge in [-0.3, -0.25) is 0 Å². The molecular weight excluding hydrogens is 236 g/mol. The Balaban J connectivity index is 2.04. The normalized spacial score (nSPS) is 11.5. The van der Waals surface area contributed by atoms with Gasteiger partial charge in [0.2, 0.25) is 0 Å². The number of aryl methyl sites for hydroxylation is 2. The molecule has 3 rings (SSSR count). The highest BCUT2D eigenvalue weighted by atomic mass is 15.3. The van der Waals surface area contributed by atoms with Gasteiger partial charge in [-0.2, -0.15) is 5.10 Å². The lowest BCUT2D eigenvalue weighted by Gasteiger charge is -2.01. The molecule has 0 radical (unpaired) electrons. The number of fused-ring (bicyclic) bond motifs is 1. The number of hydrogen-bond donors (Lipinski definition) is 0. The first kappa shape index (κ1) is 11.6. The van der Waals surface area contributed by atoms with E-state index in [4.69, 9.17) is 0 Å². The molecule has 0 N–H and O–H groups in total. The van der Waals surface area contributed by atoms with E-state index in [1.54, 1.807) is 0 Å². The summed E-state index contributed by atoms with van der Waals surface area (Å²) in [6.07, 6.45) is 0. The van der Waals surface area contributed by atoms with Crippen LogP contribution in [0.4, 0.5) is 11.5 Å². The Morgan fingerprint density at radius 2 is 1.74 bits per heavy atom. The highest BCUT2D eigenvalue weighted by Gasteiger charge is 2.05. The second-order valence-corrected chi connectivity index (χ2v) is 4.49. The molecule has 0 aliphatic rings. The molecule has 0 unspecified atom stereocenters. The molecule has 0 spiro atoms. The second-order valence-electron chi connectivity index (χ2n) is 4.49. The summed E-state index contributed by atoms with van der Waals surface area (Å²) in [6, 6.07) is 15.7. The first-order valence-electron chi connectivity index (χ1n) is 6.17. The monoisotopic (exact) mass is 250 g/mol. The Bertz CT molecular complexity index is 741. The highest BCUT2D eigenvalue weighted by Crippen LogP contribution is 2.22. The molecule has 0 atom stereocenters. The molecule has 0 amide bonds. The van der Waals surface area contributed by atoms with Crippen LogP contribution in [0.1, 0.15) is 11.3 Å². The van der Waals surface area contributed by atoms with E-state index in [-0.39, 0.29) is 0 Å². The highest BCUT2D eigenvalue weighted by molar-refractivity contribution is 5.59. The zero-order valence-corrected chi connectivity index (χ0v) is 10.9. The third-order valence-electron chi connectivity index (χ3n) is 2.95. The van der Waals surface area contributed by atoms with Gasteiger partial charge in [-0.25, -0.2) is 4.52 Å². The van der Waals surface area contributed by atoms with E-state index in [1.807, 2.05) is 53.9 Å². The van der Waals surface area contributed by atoms with Gasteiger partial charge in [0.1, 0.15) is 0 Å². The van der Waals surface area contributed by atoms with Gasteiger partial charge in [0.05, 0.1) is 16.9 Å². The van der Waals surface area contributed by atoms with Gasteiger partial charge in [0.15, 0.2) is 5.82 Å². The van der Waals surface area contributed by atoms with Crippen LogP contribution in [0.5, 0.6) is 0 Å². The third-order valence-corrected chi connectivity index (χ3v) is 2.95. The zero-order valence-electron chi connectivity index (χ0n) is 10.9. The molecule has 94 valence electrons. The van der Waals surface area contributed by atoms with E-state index in [0.29, 0.717) is 0 Å². The van der Waals surface area contributed by atoms with Crippen molar-refractivity contribution >= 4 is 17.0 Å². The molecule has 19 heavy (non-hydrogen) atoms. The minimum Gasteiger partial charge on any atom is -0.213 e. The first-order valence-corrected chi connectivity index (χ1v) is 6.17. The molecular formula is C15H14N4. The summed E-state index contributed by atoms with van der Waals surface area (Å²) in [6.45, 7) is 4.05. The van der Waals surface area contributed by atoms with Crippen molar-refractivity contribution in [3.05, 3.63) is 59.8 Å². The van der Waals surface area contributed by atoms with Crippen molar-refractivity contribution in [2.45, 2.75) is 13.8 Å². The summed E-state index contributed by atoms with van der Waals surface area (Å²) in [4.78, 5) is 0. The van der Waals surface area contributed by atoms with E-state index in [1.165, 1.54) is 5.56 Å². The van der Waals surface area contributed by atoms with Crippen LogP contribution in [-0.2, 0) is 0 Å². The lowest BCUT2D eigenvalue weighted by Crippen LogP contribution is -1.95. The fraction of sp³-hybridized carbons (Fsp3) is 0.133. The minimum absolute atomic E-state index is 0.741. The number of nitrogens with zero attached hydrogens (tertiary/aromatic N) is 4. The van der Waals surface area contributed by atoms with Crippen molar-refractivity contribution in [1.82, 2.24) is 9.61 Å². The number of benzene rings is 1. The summed E-state index contributed by atoms with van der Waals surface area (Å²) in [5, 5.41) is 13.0. The molecule has 2 heterocycles. The number of aromatic nitrogens is 2. The molecule has 0 bridgehead atoms. The number of hydrogen-bond acceptors (Lipinski definition) is 3. The average molecular weight is 250 g/mol. The van der Waals surface area contributed by atoms with Crippen LogP contribution in [0.3, 0.4) is 0 Å². The average Bonchev–Trinajstić information content (AvgIpc) is 2.81. The summed E-state index contributed by atoms with van der Waals surface area (Å²) < 4.78 is 1.83. The molecule has 1 aromatic carbocycles. The molecule has 4 heteroatoms. The summed E-state index contributed by atoms with van der Waals surface area (Å²) in [5.74, 6) is 0.741. The fourth-order valence-electron chi connectivity index (χ4n) is 2.07. The maximum atomic E-state index is 4.47. The molecule has 0 aliphatic carbocycles. The van der Waals surface area contributed by atoms with Crippen molar-refractivity contribution in [2.75, 3.05) is 0 Å². The second kappa shape index (κ2) is 4.65. The molecule has 0 saturated heterocycles. The predicted octanol–water partition coefficient (Wildman–Crippen LogP) is 4.37. The van der Waals surface area contributed by atoms with Gasteiger partial charge in [-0.1, -0.05) is 18.2 Å². The fourth-order valence-corrected chi connectivity index (χ4v) is 2.07.